The number of rotatable bonds is 4. The van der Waals surface area contributed by atoms with E-state index in [1.807, 2.05) is 38.1 Å². The highest BCUT2D eigenvalue weighted by Crippen LogP contribution is 2.34. The van der Waals surface area contributed by atoms with Crippen LogP contribution in [-0.4, -0.2) is 58.3 Å². The van der Waals surface area contributed by atoms with Crippen molar-refractivity contribution in [3.63, 3.8) is 0 Å². The van der Waals surface area contributed by atoms with Crippen molar-refractivity contribution in [1.29, 1.82) is 0 Å². The topological polar surface area (TPSA) is 128 Å². The zero-order chi connectivity index (χ0) is 35.2. The van der Waals surface area contributed by atoms with E-state index in [2.05, 4.69) is 15.3 Å². The molecule has 0 amide bonds. The van der Waals surface area contributed by atoms with Crippen molar-refractivity contribution < 1.29 is 27.6 Å². The molecule has 3 atom stereocenters. The number of nitrogens with zero attached hydrogens (tertiary/aromatic N) is 5. The van der Waals surface area contributed by atoms with Crippen LogP contribution in [0.15, 0.2) is 89.0 Å². The normalized spacial score (nSPS) is 18.5. The van der Waals surface area contributed by atoms with E-state index in [4.69, 9.17) is 9.84 Å². The lowest BCUT2D eigenvalue weighted by atomic mass is 9.91. The van der Waals surface area contributed by atoms with E-state index < -0.39 is 39.7 Å². The SMILES string of the molecule is C[C@H](Cc1cccc(C2CCOCC(C)(C)c3cn(nn3)Cc3c(c(F)cc4[nH]ccc34)S(=O)c3ccc(F)c(c3)-c3ccn2n3)c1)C(=O)O. The quantitative estimate of drug-likeness (QED) is 0.211. The maximum Gasteiger partial charge on any atom is 0.306 e. The second kappa shape index (κ2) is 13.4. The number of carboxylic acid groups (broad SMARTS) is 1. The molecule has 6 bridgehead atoms. The number of H-pyrrole nitrogens is 1. The Morgan fingerprint density at radius 3 is 2.80 bits per heavy atom. The van der Waals surface area contributed by atoms with Gasteiger partial charge in [0, 0.05) is 57.5 Å². The number of nitrogens with one attached hydrogen (secondary N) is 1. The van der Waals surface area contributed by atoms with Crippen LogP contribution in [-0.2, 0) is 38.7 Å². The van der Waals surface area contributed by atoms with Gasteiger partial charge in [0.25, 0.3) is 0 Å². The Morgan fingerprint density at radius 1 is 1.14 bits per heavy atom. The van der Waals surface area contributed by atoms with Crippen molar-refractivity contribution >= 4 is 27.7 Å². The predicted octanol–water partition coefficient (Wildman–Crippen LogP) is 6.67. The van der Waals surface area contributed by atoms with Gasteiger partial charge in [-0.25, -0.2) is 17.7 Å². The lowest BCUT2D eigenvalue weighted by molar-refractivity contribution is -0.141. The summed E-state index contributed by atoms with van der Waals surface area (Å²) in [7, 11) is -2.04. The van der Waals surface area contributed by atoms with Gasteiger partial charge >= 0.3 is 5.97 Å². The van der Waals surface area contributed by atoms with Crippen molar-refractivity contribution in [3.8, 4) is 11.3 Å². The second-order valence-corrected chi connectivity index (χ2v) is 14.8. The number of benzene rings is 3. The van der Waals surface area contributed by atoms with Gasteiger partial charge in [-0.1, -0.05) is 50.3 Å². The van der Waals surface area contributed by atoms with E-state index in [0.717, 1.165) is 11.1 Å². The van der Waals surface area contributed by atoms with Crippen molar-refractivity contribution in [2.45, 2.75) is 61.4 Å². The largest absolute Gasteiger partial charge is 0.481 e. The molecule has 2 N–H and O–H groups in total. The number of aliphatic carboxylic acids is 1. The van der Waals surface area contributed by atoms with E-state index in [1.54, 1.807) is 47.0 Å². The fourth-order valence-electron chi connectivity index (χ4n) is 6.43. The summed E-state index contributed by atoms with van der Waals surface area (Å²) in [5.74, 6) is -2.66. The number of ether oxygens (including phenoxy) is 1. The van der Waals surface area contributed by atoms with Gasteiger partial charge in [0.05, 0.1) is 52.2 Å². The Labute approximate surface area is 289 Å². The van der Waals surface area contributed by atoms with Gasteiger partial charge < -0.3 is 14.8 Å². The summed E-state index contributed by atoms with van der Waals surface area (Å²) in [6.07, 6.45) is 6.12. The molecule has 258 valence electrons. The molecule has 3 aromatic heterocycles. The Bertz CT molecular complexity index is 2240. The first-order valence-corrected chi connectivity index (χ1v) is 17.5. The van der Waals surface area contributed by atoms with Gasteiger partial charge in [0.15, 0.2) is 0 Å². The van der Waals surface area contributed by atoms with Crippen LogP contribution in [0.2, 0.25) is 0 Å². The summed E-state index contributed by atoms with van der Waals surface area (Å²) in [6.45, 7) is 6.46. The van der Waals surface area contributed by atoms with Crippen LogP contribution < -0.4 is 0 Å². The molecule has 1 aliphatic heterocycles. The minimum absolute atomic E-state index is 0.0186. The molecule has 0 spiro atoms. The number of aromatic nitrogens is 6. The summed E-state index contributed by atoms with van der Waals surface area (Å²) in [5, 5.41) is 23.7. The Hall–Kier alpha value is -5.01. The third-order valence-electron chi connectivity index (χ3n) is 9.26. The number of aromatic amines is 1. The molecular weight excluding hydrogens is 663 g/mol. The van der Waals surface area contributed by atoms with Crippen LogP contribution >= 0.6 is 0 Å². The van der Waals surface area contributed by atoms with Crippen LogP contribution in [0.25, 0.3) is 22.2 Å². The van der Waals surface area contributed by atoms with Crippen LogP contribution in [0, 0.1) is 17.6 Å². The summed E-state index contributed by atoms with van der Waals surface area (Å²) in [5.41, 5.74) is 3.37. The maximum atomic E-state index is 15.9. The Morgan fingerprint density at radius 2 is 1.98 bits per heavy atom. The highest BCUT2D eigenvalue weighted by molar-refractivity contribution is 7.85. The molecule has 6 aromatic rings. The monoisotopic (exact) mass is 698 g/mol. The van der Waals surface area contributed by atoms with Crippen LogP contribution in [0.3, 0.4) is 0 Å². The van der Waals surface area contributed by atoms with Gasteiger partial charge in [-0.2, -0.15) is 5.10 Å². The molecular formula is C37H36F2N6O4S. The van der Waals surface area contributed by atoms with Crippen molar-refractivity contribution in [2.24, 2.45) is 5.92 Å². The highest BCUT2D eigenvalue weighted by atomic mass is 32.2. The van der Waals surface area contributed by atoms with Crippen molar-refractivity contribution in [2.75, 3.05) is 13.2 Å². The summed E-state index contributed by atoms with van der Waals surface area (Å²) in [6, 6.07) is 16.3. The molecule has 7 rings (SSSR count). The van der Waals surface area contributed by atoms with E-state index in [0.29, 0.717) is 53.9 Å². The summed E-state index contributed by atoms with van der Waals surface area (Å²) in [4.78, 5) is 14.8. The van der Waals surface area contributed by atoms with Gasteiger partial charge in [-0.05, 0) is 60.4 Å². The number of fused-ring (bicyclic) bond motifs is 10. The predicted molar refractivity (Wildman–Crippen MR) is 183 cm³/mol. The van der Waals surface area contributed by atoms with Gasteiger partial charge in [0.1, 0.15) is 11.6 Å². The fraction of sp³-hybridized carbons (Fsp3) is 0.297. The Balaban J connectivity index is 1.34. The fourth-order valence-corrected chi connectivity index (χ4v) is 7.72. The lowest BCUT2D eigenvalue weighted by Crippen LogP contribution is -2.26. The zero-order valence-electron chi connectivity index (χ0n) is 27.8. The molecule has 50 heavy (non-hydrogen) atoms. The number of carbonyl (C=O) groups is 1. The first kappa shape index (κ1) is 33.5. The average molecular weight is 699 g/mol. The van der Waals surface area contributed by atoms with Crippen molar-refractivity contribution in [3.05, 3.63) is 113 Å². The smallest absolute Gasteiger partial charge is 0.306 e. The molecule has 0 saturated carbocycles. The van der Waals surface area contributed by atoms with E-state index >= 15 is 8.78 Å². The second-order valence-electron chi connectivity index (χ2n) is 13.4. The first-order valence-electron chi connectivity index (χ1n) is 16.3. The van der Waals surface area contributed by atoms with Gasteiger partial charge in [0.2, 0.25) is 0 Å². The zero-order valence-corrected chi connectivity index (χ0v) is 28.6. The molecule has 2 unspecified atom stereocenters. The molecule has 13 heteroatoms. The molecule has 1 aliphatic rings. The van der Waals surface area contributed by atoms with E-state index in [9.17, 15) is 14.1 Å². The summed E-state index contributed by atoms with van der Waals surface area (Å²) >= 11 is 0. The van der Waals surface area contributed by atoms with Crippen molar-refractivity contribution in [1.82, 2.24) is 29.8 Å². The molecule has 0 fully saturated rings. The van der Waals surface area contributed by atoms with Gasteiger partial charge in [-0.3, -0.25) is 9.48 Å². The lowest BCUT2D eigenvalue weighted by Gasteiger charge is -2.23. The highest BCUT2D eigenvalue weighted by Gasteiger charge is 2.28. The first-order chi connectivity index (χ1) is 24.0. The van der Waals surface area contributed by atoms with Crippen LogP contribution in [0.1, 0.15) is 55.6 Å². The van der Waals surface area contributed by atoms with E-state index in [1.165, 1.54) is 24.3 Å². The Kier molecular flexibility index (Phi) is 8.95. The molecule has 0 saturated heterocycles. The summed E-state index contributed by atoms with van der Waals surface area (Å²) < 4.78 is 55.2. The third kappa shape index (κ3) is 6.50. The molecule has 10 nitrogen and oxygen atoms in total. The number of hydrogen-bond donors (Lipinski definition) is 2. The van der Waals surface area contributed by atoms with Gasteiger partial charge in [-0.15, -0.1) is 5.10 Å². The molecule has 0 radical (unpaired) electrons. The van der Waals surface area contributed by atoms with E-state index in [-0.39, 0.29) is 27.9 Å². The molecule has 4 heterocycles. The maximum absolute atomic E-state index is 15.9. The minimum Gasteiger partial charge on any atom is -0.481 e. The standard InChI is InChI=1S/C37H36F2N6O4S/c1-22(36(46)47)15-23-5-4-6-24(16-23)33-11-14-49-21-37(2,3)34-20-44(43-41-34)19-28-26-9-12-40-32(26)18-30(39)35(28)50(48)25-7-8-29(38)27(17-25)31-10-13-45(33)42-31/h4-10,12-13,16-18,20,22,33,40H,11,14-15,19,21H2,1-3H3,(H,46,47)/t22-,33?,50?/m1/s1. The van der Waals surface area contributed by atoms with Crippen LogP contribution in [0.5, 0.6) is 0 Å². The number of carboxylic acids is 1. The third-order valence-corrected chi connectivity index (χ3v) is 10.8. The average Bonchev–Trinajstić information content (AvgIpc) is 3.86. The number of hydrogen-bond acceptors (Lipinski definition) is 6. The van der Waals surface area contributed by atoms with Crippen LogP contribution in [0.4, 0.5) is 8.78 Å². The molecule has 3 aromatic carbocycles. The number of halogens is 2. The molecule has 0 aliphatic carbocycles. The minimum atomic E-state index is -2.04.